The molecule has 1 aromatic heterocycles. The highest BCUT2D eigenvalue weighted by molar-refractivity contribution is 14.1. The van der Waals surface area contributed by atoms with E-state index in [0.29, 0.717) is 20.4 Å². The van der Waals surface area contributed by atoms with E-state index < -0.39 is 5.82 Å². The van der Waals surface area contributed by atoms with Crippen LogP contribution < -0.4 is 5.32 Å². The summed E-state index contributed by atoms with van der Waals surface area (Å²) in [5.74, 6) is -0.781. The van der Waals surface area contributed by atoms with Crippen molar-refractivity contribution < 1.29 is 9.18 Å². The molecule has 104 valence electrons. The first-order valence-electron chi connectivity index (χ1n) is 5.47. The van der Waals surface area contributed by atoms with Crippen molar-refractivity contribution in [3.05, 3.63) is 55.1 Å². The number of anilines is 1. The molecule has 0 saturated heterocycles. The summed E-state index contributed by atoms with van der Waals surface area (Å²) in [5, 5.41) is 3.03. The molecule has 2 rings (SSSR count). The number of rotatable bonds is 2. The molecule has 0 unspecified atom stereocenters. The predicted molar refractivity (Wildman–Crippen MR) is 86.1 cm³/mol. The lowest BCUT2D eigenvalue weighted by Gasteiger charge is -2.11. The van der Waals surface area contributed by atoms with Gasteiger partial charge in [0, 0.05) is 3.57 Å². The maximum Gasteiger partial charge on any atom is 0.256 e. The van der Waals surface area contributed by atoms with Crippen LogP contribution in [0.5, 0.6) is 0 Å². The second-order valence-corrected chi connectivity index (χ2v) is 5.91. The van der Waals surface area contributed by atoms with Crippen LogP contribution in [0.1, 0.15) is 15.9 Å². The first kappa shape index (κ1) is 15.5. The second kappa shape index (κ2) is 6.24. The Bertz CT molecular complexity index is 671. The molecule has 7 heteroatoms. The van der Waals surface area contributed by atoms with Gasteiger partial charge in [-0.25, -0.2) is 9.37 Å². The summed E-state index contributed by atoms with van der Waals surface area (Å²) in [6, 6.07) is 5.52. The summed E-state index contributed by atoms with van der Waals surface area (Å²) in [6.07, 6.45) is 0. The minimum absolute atomic E-state index is 0.112. The summed E-state index contributed by atoms with van der Waals surface area (Å²) in [5.41, 5.74) is 1.44. The molecule has 0 aliphatic heterocycles. The molecule has 1 aromatic carbocycles. The number of benzene rings is 1. The second-order valence-electron chi connectivity index (χ2n) is 4.01. The summed E-state index contributed by atoms with van der Waals surface area (Å²) < 4.78 is 13.5. The fraction of sp³-hybridized carbons (Fsp3) is 0.0769. The van der Waals surface area contributed by atoms with E-state index in [1.54, 1.807) is 13.0 Å². The Morgan fingerprint density at radius 1 is 1.35 bits per heavy atom. The number of hydrogen-bond donors (Lipinski definition) is 1. The number of halogens is 4. The van der Waals surface area contributed by atoms with E-state index in [9.17, 15) is 9.18 Å². The van der Waals surface area contributed by atoms with Crippen LogP contribution in [0.15, 0.2) is 24.3 Å². The smallest absolute Gasteiger partial charge is 0.256 e. The van der Waals surface area contributed by atoms with E-state index >= 15 is 0 Å². The predicted octanol–water partition coefficient (Wildman–Crippen LogP) is 4.69. The van der Waals surface area contributed by atoms with Gasteiger partial charge in [0.15, 0.2) is 5.15 Å². The highest BCUT2D eigenvalue weighted by Crippen LogP contribution is 2.27. The molecule has 0 aliphatic rings. The molecule has 0 fully saturated rings. The fourth-order valence-electron chi connectivity index (χ4n) is 1.60. The molecule has 20 heavy (non-hydrogen) atoms. The molecule has 1 amide bonds. The van der Waals surface area contributed by atoms with Gasteiger partial charge in [-0.15, -0.1) is 0 Å². The van der Waals surface area contributed by atoms with Crippen molar-refractivity contribution in [2.75, 3.05) is 5.32 Å². The number of aryl methyl sites for hydroxylation is 1. The van der Waals surface area contributed by atoms with Gasteiger partial charge in [0.05, 0.1) is 11.3 Å². The highest BCUT2D eigenvalue weighted by atomic mass is 127. The lowest BCUT2D eigenvalue weighted by atomic mass is 10.2. The van der Waals surface area contributed by atoms with Crippen molar-refractivity contribution in [3.63, 3.8) is 0 Å². The van der Waals surface area contributed by atoms with Crippen LogP contribution in [-0.2, 0) is 0 Å². The first-order chi connectivity index (χ1) is 9.38. The Morgan fingerprint density at radius 2 is 2.05 bits per heavy atom. The summed E-state index contributed by atoms with van der Waals surface area (Å²) in [7, 11) is 0. The van der Waals surface area contributed by atoms with Crippen molar-refractivity contribution in [1.29, 1.82) is 0 Å². The van der Waals surface area contributed by atoms with Crippen molar-refractivity contribution in [2.45, 2.75) is 6.92 Å². The third-order valence-corrected chi connectivity index (χ3v) is 3.92. The molecule has 0 atom stereocenters. The molecule has 3 nitrogen and oxygen atoms in total. The van der Waals surface area contributed by atoms with Gasteiger partial charge < -0.3 is 5.32 Å². The van der Waals surface area contributed by atoms with Crippen LogP contribution in [0.25, 0.3) is 0 Å². The van der Waals surface area contributed by atoms with Crippen LogP contribution in [0.3, 0.4) is 0 Å². The van der Waals surface area contributed by atoms with Gasteiger partial charge in [-0.1, -0.05) is 23.2 Å². The standard InChI is InChI=1S/C13H8Cl2FIN2O/c1-6-4-10(14)18-12(15)11(6)19-13(20)8-3-2-7(16)5-9(8)17/h2-5H,1H3,(H,19,20). The zero-order valence-electron chi connectivity index (χ0n) is 10.2. The van der Waals surface area contributed by atoms with Crippen molar-refractivity contribution >= 4 is 57.4 Å². The van der Waals surface area contributed by atoms with E-state index in [1.165, 1.54) is 18.2 Å². The molecule has 2 aromatic rings. The third-order valence-electron chi connectivity index (χ3n) is 2.56. The monoisotopic (exact) mass is 424 g/mol. The topological polar surface area (TPSA) is 42.0 Å². The number of amides is 1. The quantitative estimate of drug-likeness (QED) is 0.561. The molecule has 1 heterocycles. The molecule has 0 bridgehead atoms. The Hall–Kier alpha value is -0.920. The number of nitrogens with zero attached hydrogens (tertiary/aromatic N) is 1. The molecular formula is C13H8Cl2FIN2O. The van der Waals surface area contributed by atoms with Crippen LogP contribution >= 0.6 is 45.8 Å². The van der Waals surface area contributed by atoms with Gasteiger partial charge >= 0.3 is 0 Å². The van der Waals surface area contributed by atoms with Gasteiger partial charge in [-0.05, 0) is 59.3 Å². The zero-order chi connectivity index (χ0) is 14.9. The number of nitrogens with one attached hydrogen (secondary N) is 1. The maximum atomic E-state index is 13.0. The molecule has 1 N–H and O–H groups in total. The molecular weight excluding hydrogens is 417 g/mol. The Kier molecular flexibility index (Phi) is 4.82. The van der Waals surface area contributed by atoms with Crippen LogP contribution in [0.4, 0.5) is 10.1 Å². The minimum Gasteiger partial charge on any atom is -0.319 e. The van der Waals surface area contributed by atoms with Gasteiger partial charge in [-0.3, -0.25) is 4.79 Å². The molecule has 0 radical (unpaired) electrons. The minimum atomic E-state index is -0.395. The maximum absolute atomic E-state index is 13.0. The van der Waals surface area contributed by atoms with E-state index in [0.717, 1.165) is 0 Å². The molecule has 0 aliphatic carbocycles. The fourth-order valence-corrected chi connectivity index (χ4v) is 2.90. The Labute approximate surface area is 138 Å². The zero-order valence-corrected chi connectivity index (χ0v) is 13.8. The third kappa shape index (κ3) is 3.39. The van der Waals surface area contributed by atoms with Gasteiger partial charge in [-0.2, -0.15) is 0 Å². The van der Waals surface area contributed by atoms with Crippen LogP contribution in [-0.4, -0.2) is 10.9 Å². The Morgan fingerprint density at radius 3 is 2.65 bits per heavy atom. The first-order valence-corrected chi connectivity index (χ1v) is 7.31. The highest BCUT2D eigenvalue weighted by Gasteiger charge is 2.15. The average Bonchev–Trinajstić information content (AvgIpc) is 2.33. The van der Waals surface area contributed by atoms with Crippen LogP contribution in [0, 0.1) is 16.3 Å². The van der Waals surface area contributed by atoms with Crippen molar-refractivity contribution in [2.24, 2.45) is 0 Å². The van der Waals surface area contributed by atoms with E-state index in [2.05, 4.69) is 10.3 Å². The van der Waals surface area contributed by atoms with Gasteiger partial charge in [0.25, 0.3) is 5.91 Å². The lowest BCUT2D eigenvalue weighted by Crippen LogP contribution is -2.15. The molecule has 0 spiro atoms. The number of carbonyl (C=O) groups is 1. The number of pyridine rings is 1. The number of carbonyl (C=O) groups excluding carboxylic acids is 1. The van der Waals surface area contributed by atoms with Gasteiger partial charge in [0.1, 0.15) is 11.0 Å². The lowest BCUT2D eigenvalue weighted by molar-refractivity contribution is 0.102. The average molecular weight is 425 g/mol. The normalized spacial score (nSPS) is 10.4. The largest absolute Gasteiger partial charge is 0.319 e. The van der Waals surface area contributed by atoms with E-state index in [-0.39, 0.29) is 16.2 Å². The number of aromatic nitrogens is 1. The van der Waals surface area contributed by atoms with E-state index in [4.69, 9.17) is 23.2 Å². The van der Waals surface area contributed by atoms with Crippen LogP contribution in [0.2, 0.25) is 10.3 Å². The summed E-state index contributed by atoms with van der Waals surface area (Å²) >= 11 is 13.6. The number of hydrogen-bond acceptors (Lipinski definition) is 2. The Balaban J connectivity index is 2.33. The van der Waals surface area contributed by atoms with E-state index in [1.807, 2.05) is 22.6 Å². The SMILES string of the molecule is Cc1cc(Cl)nc(Cl)c1NC(=O)c1ccc(F)cc1I. The van der Waals surface area contributed by atoms with Gasteiger partial charge in [0.2, 0.25) is 0 Å². The van der Waals surface area contributed by atoms with Crippen molar-refractivity contribution in [1.82, 2.24) is 4.98 Å². The molecule has 0 saturated carbocycles. The summed E-state index contributed by atoms with van der Waals surface area (Å²) in [6.45, 7) is 1.75. The summed E-state index contributed by atoms with van der Waals surface area (Å²) in [4.78, 5) is 16.0. The van der Waals surface area contributed by atoms with Crippen molar-refractivity contribution in [3.8, 4) is 0 Å².